The van der Waals surface area contributed by atoms with Crippen LogP contribution in [0.4, 0.5) is 0 Å². The van der Waals surface area contributed by atoms with Gasteiger partial charge in [0.15, 0.2) is 0 Å². The molecular weight excluding hydrogens is 118 g/mol. The van der Waals surface area contributed by atoms with Crippen molar-refractivity contribution in [2.45, 2.75) is 0 Å². The molecule has 9 heavy (non-hydrogen) atoms. The summed E-state index contributed by atoms with van der Waals surface area (Å²) in [6.07, 6.45) is 4.88. The Bertz CT molecular complexity index is 170. The van der Waals surface area contributed by atoms with Crippen molar-refractivity contribution in [1.29, 1.82) is 5.41 Å². The number of nitrogens with one attached hydrogen (secondary N) is 2. The molecule has 0 bridgehead atoms. The molecule has 4 N–H and O–H groups in total. The quantitative estimate of drug-likeness (QED) is 0.293. The number of rotatable bonds is 0. The van der Waals surface area contributed by atoms with Gasteiger partial charge >= 0.3 is 0 Å². The van der Waals surface area contributed by atoms with Crippen LogP contribution in [-0.4, -0.2) is 17.3 Å². The molecule has 0 fully saturated rings. The van der Waals surface area contributed by atoms with Crippen LogP contribution in [0.3, 0.4) is 0 Å². The van der Waals surface area contributed by atoms with Crippen molar-refractivity contribution in [3.05, 3.63) is 12.3 Å². The number of allylic oxidation sites excluding steroid dienone is 1. The lowest BCUT2D eigenvalue weighted by atomic mass is 10.6. The van der Waals surface area contributed by atoms with E-state index in [0.717, 1.165) is 5.12 Å². The number of hydrazine groups is 1. The second kappa shape index (κ2) is 2.17. The normalized spacial score (nSPS) is 15.3. The van der Waals surface area contributed by atoms with E-state index in [2.05, 4.69) is 10.5 Å². The zero-order chi connectivity index (χ0) is 6.69. The molecule has 0 amide bonds. The highest BCUT2D eigenvalue weighted by Gasteiger charge is 2.00. The average molecular weight is 125 g/mol. The van der Waals surface area contributed by atoms with Crippen molar-refractivity contribution in [3.8, 4) is 0 Å². The fourth-order valence-electron chi connectivity index (χ4n) is 0.427. The van der Waals surface area contributed by atoms with E-state index in [1.807, 2.05) is 0 Å². The van der Waals surface area contributed by atoms with E-state index in [1.165, 1.54) is 6.21 Å². The van der Waals surface area contributed by atoms with E-state index < -0.39 is 0 Å². The van der Waals surface area contributed by atoms with Crippen LogP contribution in [-0.2, 0) is 0 Å². The van der Waals surface area contributed by atoms with Gasteiger partial charge in [-0.05, 0) is 6.08 Å². The monoisotopic (exact) mass is 125 g/mol. The number of nitrogens with two attached hydrogens (primary N) is 1. The largest absolute Gasteiger partial charge is 0.367 e. The van der Waals surface area contributed by atoms with Gasteiger partial charge in [-0.2, -0.15) is 5.10 Å². The van der Waals surface area contributed by atoms with E-state index >= 15 is 0 Å². The van der Waals surface area contributed by atoms with Crippen molar-refractivity contribution in [3.63, 3.8) is 0 Å². The number of hydrazone groups is 1. The first kappa shape index (κ1) is 5.61. The molecule has 0 saturated carbocycles. The first-order valence-corrected chi connectivity index (χ1v) is 2.40. The van der Waals surface area contributed by atoms with Crippen LogP contribution in [0.15, 0.2) is 17.4 Å². The molecule has 0 unspecified atom stereocenters. The Morgan fingerprint density at radius 2 is 2.56 bits per heavy atom. The summed E-state index contributed by atoms with van der Waals surface area (Å²) in [5.74, 6) is -0.129. The Morgan fingerprint density at radius 3 is 2.89 bits per heavy atom. The van der Waals surface area contributed by atoms with Crippen molar-refractivity contribution in [2.24, 2.45) is 10.8 Å². The third-order valence-corrected chi connectivity index (χ3v) is 0.789. The Morgan fingerprint density at radius 1 is 1.78 bits per heavy atom. The molecule has 1 aliphatic heterocycles. The summed E-state index contributed by atoms with van der Waals surface area (Å²) >= 11 is 0. The molecule has 5 heteroatoms. The summed E-state index contributed by atoms with van der Waals surface area (Å²) in [7, 11) is 0. The standard InChI is InChI=1S/C4H7N5/c5-4(6)9-7-2-1-3-8-9/h1-3,7H,(H3,5,6). The molecule has 0 spiro atoms. The van der Waals surface area contributed by atoms with Crippen LogP contribution in [0.25, 0.3) is 0 Å². The summed E-state index contributed by atoms with van der Waals surface area (Å²) in [6.45, 7) is 0. The summed E-state index contributed by atoms with van der Waals surface area (Å²) in [5.41, 5.74) is 7.69. The fourth-order valence-corrected chi connectivity index (χ4v) is 0.427. The van der Waals surface area contributed by atoms with Crippen LogP contribution >= 0.6 is 0 Å². The predicted molar refractivity (Wildman–Crippen MR) is 34.5 cm³/mol. The third kappa shape index (κ3) is 1.18. The number of guanidine groups is 1. The lowest BCUT2D eigenvalue weighted by molar-refractivity contribution is 0.369. The highest BCUT2D eigenvalue weighted by atomic mass is 15.7. The van der Waals surface area contributed by atoms with Gasteiger partial charge in [0.05, 0.1) is 6.21 Å². The maximum atomic E-state index is 6.88. The highest BCUT2D eigenvalue weighted by Crippen LogP contribution is 1.84. The smallest absolute Gasteiger partial charge is 0.230 e. The maximum Gasteiger partial charge on any atom is 0.230 e. The molecule has 0 saturated heterocycles. The van der Waals surface area contributed by atoms with E-state index in [4.69, 9.17) is 11.1 Å². The topological polar surface area (TPSA) is 77.5 Å². The van der Waals surface area contributed by atoms with Gasteiger partial charge in [0.25, 0.3) is 0 Å². The molecule has 1 heterocycles. The molecule has 5 nitrogen and oxygen atoms in total. The number of nitrogens with zero attached hydrogens (tertiary/aromatic N) is 2. The van der Waals surface area contributed by atoms with E-state index in [-0.39, 0.29) is 5.96 Å². The van der Waals surface area contributed by atoms with Gasteiger partial charge in [-0.3, -0.25) is 10.8 Å². The van der Waals surface area contributed by atoms with Gasteiger partial charge in [0.2, 0.25) is 5.96 Å². The van der Waals surface area contributed by atoms with Crippen molar-refractivity contribution >= 4 is 12.2 Å². The lowest BCUT2D eigenvalue weighted by Gasteiger charge is -2.16. The first-order valence-electron chi connectivity index (χ1n) is 2.40. The van der Waals surface area contributed by atoms with Gasteiger partial charge in [-0.25, -0.2) is 0 Å². The fraction of sp³-hybridized carbons (Fsp3) is 0. The molecule has 0 aromatic carbocycles. The van der Waals surface area contributed by atoms with Gasteiger partial charge in [0, 0.05) is 6.20 Å². The lowest BCUT2D eigenvalue weighted by Crippen LogP contribution is -2.41. The number of hydrogen-bond acceptors (Lipinski definition) is 3. The van der Waals surface area contributed by atoms with E-state index in [9.17, 15) is 0 Å². The minimum absolute atomic E-state index is 0.129. The summed E-state index contributed by atoms with van der Waals surface area (Å²) in [4.78, 5) is 0. The van der Waals surface area contributed by atoms with Gasteiger partial charge in [-0.15, -0.1) is 5.12 Å². The van der Waals surface area contributed by atoms with Gasteiger partial charge in [-0.1, -0.05) is 0 Å². The molecule has 0 radical (unpaired) electrons. The molecular formula is C4H7N5. The van der Waals surface area contributed by atoms with Crippen LogP contribution in [0, 0.1) is 5.41 Å². The van der Waals surface area contributed by atoms with Gasteiger partial charge in [0.1, 0.15) is 0 Å². The highest BCUT2D eigenvalue weighted by molar-refractivity contribution is 5.78. The predicted octanol–water partition coefficient (Wildman–Crippen LogP) is -0.800. The molecule has 1 aliphatic rings. The molecule has 0 aromatic rings. The van der Waals surface area contributed by atoms with Crippen LogP contribution in [0.1, 0.15) is 0 Å². The second-order valence-electron chi connectivity index (χ2n) is 1.45. The molecule has 0 atom stereocenters. The van der Waals surface area contributed by atoms with Crippen LogP contribution in [0.5, 0.6) is 0 Å². The van der Waals surface area contributed by atoms with Gasteiger partial charge < -0.3 is 5.73 Å². The Kier molecular flexibility index (Phi) is 1.35. The molecule has 1 rings (SSSR count). The maximum absolute atomic E-state index is 6.88. The molecule has 48 valence electrons. The second-order valence-corrected chi connectivity index (χ2v) is 1.45. The SMILES string of the molecule is N=C(N)N1N=CC=CN1. The zero-order valence-electron chi connectivity index (χ0n) is 4.70. The van der Waals surface area contributed by atoms with Crippen molar-refractivity contribution in [2.75, 3.05) is 0 Å². The van der Waals surface area contributed by atoms with Crippen molar-refractivity contribution < 1.29 is 0 Å². The summed E-state index contributed by atoms with van der Waals surface area (Å²) < 4.78 is 0. The minimum atomic E-state index is -0.129. The van der Waals surface area contributed by atoms with E-state index in [1.54, 1.807) is 12.3 Å². The van der Waals surface area contributed by atoms with Crippen molar-refractivity contribution in [1.82, 2.24) is 10.5 Å². The van der Waals surface area contributed by atoms with Crippen LogP contribution < -0.4 is 11.2 Å². The average Bonchev–Trinajstić information content (AvgIpc) is 1.90. The zero-order valence-corrected chi connectivity index (χ0v) is 4.70. The Balaban J connectivity index is 2.56. The Hall–Kier alpha value is -1.52. The Labute approximate surface area is 52.3 Å². The van der Waals surface area contributed by atoms with E-state index in [0.29, 0.717) is 0 Å². The third-order valence-electron chi connectivity index (χ3n) is 0.789. The summed E-state index contributed by atoms with van der Waals surface area (Å²) in [6, 6.07) is 0. The first-order chi connectivity index (χ1) is 4.30. The number of hydrogen-bond donors (Lipinski definition) is 3. The molecule has 0 aliphatic carbocycles. The van der Waals surface area contributed by atoms with Crippen LogP contribution in [0.2, 0.25) is 0 Å². The molecule has 0 aromatic heterocycles. The minimum Gasteiger partial charge on any atom is -0.367 e. The summed E-state index contributed by atoms with van der Waals surface area (Å²) in [5, 5.41) is 11.7.